The molecule has 0 radical (unpaired) electrons. The Bertz CT molecular complexity index is 1340. The molecule has 2 aromatic carbocycles. The second-order valence-corrected chi connectivity index (χ2v) is 9.55. The molecule has 0 fully saturated rings. The number of fused-ring (bicyclic) bond motifs is 1. The SMILES string of the molecule is Cc1cnc(-c2ccc3c(c2)N(S(=O)(=O)c2cccc(C(F)(F)F)c2)CC(CCC(=O)O)O3)o1. The zero-order valence-electron chi connectivity index (χ0n) is 17.7. The van der Waals surface area contributed by atoms with Gasteiger partial charge in [0.15, 0.2) is 0 Å². The van der Waals surface area contributed by atoms with Crippen LogP contribution in [0.1, 0.15) is 24.2 Å². The van der Waals surface area contributed by atoms with Gasteiger partial charge in [0.2, 0.25) is 5.89 Å². The third-order valence-corrected chi connectivity index (χ3v) is 6.96. The van der Waals surface area contributed by atoms with Crippen LogP contribution in [-0.4, -0.2) is 37.1 Å². The number of alkyl halides is 3. The maximum absolute atomic E-state index is 13.5. The van der Waals surface area contributed by atoms with Crippen molar-refractivity contribution in [3.63, 3.8) is 0 Å². The first-order valence-corrected chi connectivity index (χ1v) is 11.5. The number of aromatic nitrogens is 1. The largest absolute Gasteiger partial charge is 0.486 e. The third kappa shape index (κ3) is 4.72. The van der Waals surface area contributed by atoms with E-state index in [-0.39, 0.29) is 36.7 Å². The number of carbonyl (C=O) groups is 1. The Morgan fingerprint density at radius 3 is 2.65 bits per heavy atom. The molecule has 0 aliphatic carbocycles. The van der Waals surface area contributed by atoms with Gasteiger partial charge in [-0.25, -0.2) is 13.4 Å². The highest BCUT2D eigenvalue weighted by Crippen LogP contribution is 2.41. The van der Waals surface area contributed by atoms with Crippen LogP contribution in [0.5, 0.6) is 5.75 Å². The highest BCUT2D eigenvalue weighted by Gasteiger charge is 2.37. The molecule has 3 aromatic rings. The third-order valence-electron chi connectivity index (χ3n) is 5.19. The van der Waals surface area contributed by atoms with Crippen LogP contribution < -0.4 is 9.04 Å². The van der Waals surface area contributed by atoms with Gasteiger partial charge in [-0.3, -0.25) is 9.10 Å². The van der Waals surface area contributed by atoms with E-state index in [2.05, 4.69) is 4.98 Å². The molecule has 1 aliphatic rings. The highest BCUT2D eigenvalue weighted by atomic mass is 32.2. The van der Waals surface area contributed by atoms with Crippen LogP contribution in [0.4, 0.5) is 18.9 Å². The zero-order valence-corrected chi connectivity index (χ0v) is 18.6. The number of rotatable bonds is 6. The Labute approximate surface area is 192 Å². The van der Waals surface area contributed by atoms with E-state index in [9.17, 15) is 26.4 Å². The van der Waals surface area contributed by atoms with Gasteiger partial charge in [0.05, 0.1) is 28.9 Å². The van der Waals surface area contributed by atoms with Crippen LogP contribution in [0.25, 0.3) is 11.5 Å². The molecule has 180 valence electrons. The molecule has 0 spiro atoms. The van der Waals surface area contributed by atoms with E-state index in [4.69, 9.17) is 14.3 Å². The van der Waals surface area contributed by atoms with E-state index in [0.717, 1.165) is 22.5 Å². The molecule has 34 heavy (non-hydrogen) atoms. The Hall–Kier alpha value is -3.54. The lowest BCUT2D eigenvalue weighted by Gasteiger charge is -2.35. The van der Waals surface area contributed by atoms with Crippen LogP contribution >= 0.6 is 0 Å². The maximum atomic E-state index is 13.5. The summed E-state index contributed by atoms with van der Waals surface area (Å²) in [4.78, 5) is 14.6. The summed E-state index contributed by atoms with van der Waals surface area (Å²) in [6.07, 6.45) is -4.33. The van der Waals surface area contributed by atoms with Crippen molar-refractivity contribution < 1.29 is 40.6 Å². The number of aryl methyl sites for hydroxylation is 1. The van der Waals surface area contributed by atoms with Crippen molar-refractivity contribution in [2.75, 3.05) is 10.8 Å². The van der Waals surface area contributed by atoms with Gasteiger partial charge in [0.1, 0.15) is 17.6 Å². The van der Waals surface area contributed by atoms with Crippen molar-refractivity contribution in [1.29, 1.82) is 0 Å². The Morgan fingerprint density at radius 1 is 1.24 bits per heavy atom. The fourth-order valence-electron chi connectivity index (χ4n) is 3.56. The summed E-state index contributed by atoms with van der Waals surface area (Å²) in [5.41, 5.74) is -0.588. The number of ether oxygens (including phenoxy) is 1. The summed E-state index contributed by atoms with van der Waals surface area (Å²) >= 11 is 0. The summed E-state index contributed by atoms with van der Waals surface area (Å²) in [6.45, 7) is 1.41. The van der Waals surface area contributed by atoms with Gasteiger partial charge in [-0.05, 0) is 49.7 Å². The molecule has 1 N–H and O–H groups in total. The average Bonchev–Trinajstić information content (AvgIpc) is 3.22. The molecule has 0 saturated carbocycles. The molecule has 2 heterocycles. The van der Waals surface area contributed by atoms with E-state index in [0.29, 0.717) is 17.4 Å². The lowest BCUT2D eigenvalue weighted by Crippen LogP contribution is -2.43. The summed E-state index contributed by atoms with van der Waals surface area (Å²) in [7, 11) is -4.47. The number of carboxylic acids is 1. The number of anilines is 1. The highest BCUT2D eigenvalue weighted by molar-refractivity contribution is 7.92. The molecule has 0 bridgehead atoms. The number of oxazole rings is 1. The Balaban J connectivity index is 1.80. The minimum atomic E-state index is -4.73. The number of nitrogens with zero attached hydrogens (tertiary/aromatic N) is 2. The van der Waals surface area contributed by atoms with Crippen molar-refractivity contribution in [3.8, 4) is 17.2 Å². The van der Waals surface area contributed by atoms with Gasteiger partial charge >= 0.3 is 12.1 Å². The van der Waals surface area contributed by atoms with Gasteiger partial charge in [-0.15, -0.1) is 0 Å². The minimum absolute atomic E-state index is 0.00404. The number of hydrogen-bond donors (Lipinski definition) is 1. The number of carboxylic acid groups (broad SMARTS) is 1. The normalized spacial score (nSPS) is 16.1. The monoisotopic (exact) mass is 496 g/mol. The first kappa shape index (κ1) is 23.6. The summed E-state index contributed by atoms with van der Waals surface area (Å²) < 4.78 is 78.9. The molecule has 1 unspecified atom stereocenters. The van der Waals surface area contributed by atoms with Crippen molar-refractivity contribution in [1.82, 2.24) is 4.98 Å². The number of benzene rings is 2. The molecule has 0 amide bonds. The predicted molar refractivity (Wildman–Crippen MR) is 114 cm³/mol. The quantitative estimate of drug-likeness (QED) is 0.535. The van der Waals surface area contributed by atoms with Gasteiger partial charge < -0.3 is 14.3 Å². The van der Waals surface area contributed by atoms with E-state index in [1.165, 1.54) is 18.3 Å². The smallest absolute Gasteiger partial charge is 0.416 e. The van der Waals surface area contributed by atoms with E-state index < -0.39 is 38.7 Å². The standard InChI is InChI=1S/C22H19F3N2O6S/c1-13-11-26-21(32-13)14-5-7-19-18(9-14)27(12-16(33-19)6-8-20(28)29)34(30,31)17-4-2-3-15(10-17)22(23,24)25/h2-5,7,9-11,16H,6,8,12H2,1H3,(H,28,29). The molecule has 8 nitrogen and oxygen atoms in total. The van der Waals surface area contributed by atoms with Gasteiger partial charge in [0, 0.05) is 12.0 Å². The van der Waals surface area contributed by atoms with Crippen LogP contribution in [0.15, 0.2) is 58.0 Å². The topological polar surface area (TPSA) is 110 Å². The second-order valence-electron chi connectivity index (χ2n) is 7.69. The molecule has 1 aromatic heterocycles. The number of aliphatic carboxylic acids is 1. The van der Waals surface area contributed by atoms with E-state index >= 15 is 0 Å². The first-order valence-electron chi connectivity index (χ1n) is 10.1. The Kier molecular flexibility index (Phi) is 6.02. The number of halogens is 3. The number of hydrogen-bond acceptors (Lipinski definition) is 6. The van der Waals surface area contributed by atoms with Crippen molar-refractivity contribution in [3.05, 3.63) is 60.0 Å². The summed E-state index contributed by atoms with van der Waals surface area (Å²) in [6, 6.07) is 7.99. The van der Waals surface area contributed by atoms with E-state index in [1.807, 2.05) is 0 Å². The summed E-state index contributed by atoms with van der Waals surface area (Å²) in [5, 5.41) is 9.00. The fraction of sp³-hybridized carbons (Fsp3) is 0.273. The Morgan fingerprint density at radius 2 is 2.00 bits per heavy atom. The second kappa shape index (κ2) is 8.67. The predicted octanol–water partition coefficient (Wildman–Crippen LogP) is 4.49. The van der Waals surface area contributed by atoms with Gasteiger partial charge in [-0.2, -0.15) is 13.2 Å². The maximum Gasteiger partial charge on any atom is 0.416 e. The average molecular weight is 496 g/mol. The fourth-order valence-corrected chi connectivity index (χ4v) is 5.10. The van der Waals surface area contributed by atoms with E-state index in [1.54, 1.807) is 13.0 Å². The molecule has 1 atom stereocenters. The zero-order chi connectivity index (χ0) is 24.7. The lowest BCUT2D eigenvalue weighted by molar-refractivity contribution is -0.138. The van der Waals surface area contributed by atoms with Crippen LogP contribution in [0.2, 0.25) is 0 Å². The molecule has 12 heteroatoms. The lowest BCUT2D eigenvalue weighted by atomic mass is 10.1. The number of sulfonamides is 1. The molecule has 1 aliphatic heterocycles. The molecule has 0 saturated heterocycles. The van der Waals surface area contributed by atoms with Crippen LogP contribution in [-0.2, 0) is 21.0 Å². The first-order chi connectivity index (χ1) is 15.9. The van der Waals surface area contributed by atoms with Crippen molar-refractivity contribution in [2.45, 2.75) is 36.9 Å². The van der Waals surface area contributed by atoms with Crippen LogP contribution in [0, 0.1) is 6.92 Å². The van der Waals surface area contributed by atoms with Crippen LogP contribution in [0.3, 0.4) is 0 Å². The molecular weight excluding hydrogens is 477 g/mol. The van der Waals surface area contributed by atoms with Crippen molar-refractivity contribution in [2.24, 2.45) is 0 Å². The minimum Gasteiger partial charge on any atom is -0.486 e. The van der Waals surface area contributed by atoms with Crippen molar-refractivity contribution >= 4 is 21.7 Å². The molecule has 4 rings (SSSR count). The molecular formula is C22H19F3N2O6S. The van der Waals surface area contributed by atoms with Gasteiger partial charge in [-0.1, -0.05) is 6.07 Å². The van der Waals surface area contributed by atoms with Gasteiger partial charge in [0.25, 0.3) is 10.0 Å². The summed E-state index contributed by atoms with van der Waals surface area (Å²) in [5.74, 6) is -0.184.